The SMILES string of the molecule is Cl.O=S1(=O)CCCN(CC2CCNCC2)CC1. The largest absolute Gasteiger partial charge is 0.317 e. The summed E-state index contributed by atoms with van der Waals surface area (Å²) in [6.07, 6.45) is 3.29. The van der Waals surface area contributed by atoms with Crippen molar-refractivity contribution < 1.29 is 8.42 Å². The lowest BCUT2D eigenvalue weighted by atomic mass is 9.97. The average molecular weight is 283 g/mol. The lowest BCUT2D eigenvalue weighted by molar-refractivity contribution is 0.218. The van der Waals surface area contributed by atoms with Crippen LogP contribution >= 0.6 is 12.4 Å². The Balaban J connectivity index is 0.00000144. The van der Waals surface area contributed by atoms with E-state index in [0.29, 0.717) is 11.5 Å². The highest BCUT2D eigenvalue weighted by Gasteiger charge is 2.22. The van der Waals surface area contributed by atoms with Crippen LogP contribution < -0.4 is 5.32 Å². The van der Waals surface area contributed by atoms with Gasteiger partial charge in [-0.3, -0.25) is 0 Å². The van der Waals surface area contributed by atoms with Gasteiger partial charge in [-0.25, -0.2) is 8.42 Å². The molecule has 4 nitrogen and oxygen atoms in total. The highest BCUT2D eigenvalue weighted by Crippen LogP contribution is 2.15. The number of sulfone groups is 1. The third-order valence-electron chi connectivity index (χ3n) is 3.62. The van der Waals surface area contributed by atoms with Crippen molar-refractivity contribution in [3.8, 4) is 0 Å². The van der Waals surface area contributed by atoms with Gasteiger partial charge in [0.15, 0.2) is 9.84 Å². The van der Waals surface area contributed by atoms with Gasteiger partial charge in [0.05, 0.1) is 11.5 Å². The van der Waals surface area contributed by atoms with Gasteiger partial charge >= 0.3 is 0 Å². The van der Waals surface area contributed by atoms with Crippen LogP contribution in [0, 0.1) is 5.92 Å². The van der Waals surface area contributed by atoms with E-state index in [-0.39, 0.29) is 12.4 Å². The van der Waals surface area contributed by atoms with E-state index in [2.05, 4.69) is 10.2 Å². The van der Waals surface area contributed by atoms with Crippen molar-refractivity contribution in [2.45, 2.75) is 19.3 Å². The number of hydrogen-bond donors (Lipinski definition) is 1. The Morgan fingerprint density at radius 3 is 2.53 bits per heavy atom. The quantitative estimate of drug-likeness (QED) is 0.803. The summed E-state index contributed by atoms with van der Waals surface area (Å²) < 4.78 is 22.9. The summed E-state index contributed by atoms with van der Waals surface area (Å²) in [6.45, 7) is 5.04. The fraction of sp³-hybridized carbons (Fsp3) is 1.00. The molecule has 2 aliphatic rings. The average Bonchev–Trinajstić information content (AvgIpc) is 2.42. The zero-order valence-corrected chi connectivity index (χ0v) is 11.9. The zero-order valence-electron chi connectivity index (χ0n) is 10.2. The van der Waals surface area contributed by atoms with E-state index in [4.69, 9.17) is 0 Å². The maximum absolute atomic E-state index is 11.5. The minimum Gasteiger partial charge on any atom is -0.317 e. The van der Waals surface area contributed by atoms with Gasteiger partial charge in [-0.1, -0.05) is 0 Å². The Hall–Kier alpha value is 0.160. The molecule has 0 aromatic heterocycles. The van der Waals surface area contributed by atoms with E-state index < -0.39 is 9.84 Å². The molecule has 0 spiro atoms. The summed E-state index contributed by atoms with van der Waals surface area (Å²) in [4.78, 5) is 2.35. The van der Waals surface area contributed by atoms with E-state index in [9.17, 15) is 8.42 Å². The highest BCUT2D eigenvalue weighted by molar-refractivity contribution is 7.91. The number of hydrogen-bond acceptors (Lipinski definition) is 4. The fourth-order valence-corrected chi connectivity index (χ4v) is 3.91. The number of piperidine rings is 1. The molecular formula is C11H23ClN2O2S. The number of nitrogens with one attached hydrogen (secondary N) is 1. The molecule has 17 heavy (non-hydrogen) atoms. The first kappa shape index (κ1) is 15.2. The molecule has 2 fully saturated rings. The molecule has 1 N–H and O–H groups in total. The van der Waals surface area contributed by atoms with Crippen molar-refractivity contribution in [3.05, 3.63) is 0 Å². The van der Waals surface area contributed by atoms with Crippen LogP contribution in [0.1, 0.15) is 19.3 Å². The maximum atomic E-state index is 11.5. The molecule has 0 saturated carbocycles. The van der Waals surface area contributed by atoms with Crippen LogP contribution in [-0.4, -0.2) is 57.5 Å². The second kappa shape index (κ2) is 6.92. The molecule has 0 radical (unpaired) electrons. The van der Waals surface area contributed by atoms with E-state index in [1.165, 1.54) is 12.8 Å². The fourth-order valence-electron chi connectivity index (χ4n) is 2.60. The van der Waals surface area contributed by atoms with Crippen molar-refractivity contribution >= 4 is 22.2 Å². The van der Waals surface area contributed by atoms with Gasteiger partial charge in [0.25, 0.3) is 0 Å². The third-order valence-corrected chi connectivity index (χ3v) is 5.34. The topological polar surface area (TPSA) is 49.4 Å². The van der Waals surface area contributed by atoms with Gasteiger partial charge in [0.1, 0.15) is 0 Å². The van der Waals surface area contributed by atoms with Crippen LogP contribution in [0.25, 0.3) is 0 Å². The predicted molar refractivity (Wildman–Crippen MR) is 72.6 cm³/mol. The first-order valence-corrected chi connectivity index (χ1v) is 8.11. The summed E-state index contributed by atoms with van der Waals surface area (Å²) in [5.74, 6) is 1.51. The Bertz CT molecular complexity index is 315. The van der Waals surface area contributed by atoms with Crippen LogP contribution in [0.15, 0.2) is 0 Å². The second-order valence-electron chi connectivity index (χ2n) is 5.00. The molecule has 0 aliphatic carbocycles. The van der Waals surface area contributed by atoms with Gasteiger partial charge in [-0.15, -0.1) is 12.4 Å². The lowest BCUT2D eigenvalue weighted by Gasteiger charge is -2.28. The molecule has 2 aliphatic heterocycles. The summed E-state index contributed by atoms with van der Waals surface area (Å²) in [5, 5.41) is 3.36. The third kappa shape index (κ3) is 5.12. The highest BCUT2D eigenvalue weighted by atomic mass is 35.5. The molecule has 2 rings (SSSR count). The zero-order chi connectivity index (χ0) is 11.4. The Labute approximate surface area is 110 Å². The van der Waals surface area contributed by atoms with Crippen molar-refractivity contribution in [1.82, 2.24) is 10.2 Å². The molecule has 0 bridgehead atoms. The van der Waals surface area contributed by atoms with Crippen molar-refractivity contribution in [2.75, 3.05) is 44.2 Å². The second-order valence-corrected chi connectivity index (χ2v) is 7.30. The molecule has 102 valence electrons. The summed E-state index contributed by atoms with van der Waals surface area (Å²) in [6, 6.07) is 0. The first-order chi connectivity index (χ1) is 7.66. The van der Waals surface area contributed by atoms with Crippen LogP contribution in [0.5, 0.6) is 0 Å². The van der Waals surface area contributed by atoms with Gasteiger partial charge in [0.2, 0.25) is 0 Å². The molecule has 0 unspecified atom stereocenters. The standard InChI is InChI=1S/C11H22N2O2S.ClH/c14-16(15)8-1-6-13(7-9-16)10-11-2-4-12-5-3-11;/h11-12H,1-10H2;1H. The Morgan fingerprint density at radius 2 is 1.82 bits per heavy atom. The molecular weight excluding hydrogens is 260 g/mol. The van der Waals surface area contributed by atoms with E-state index in [0.717, 1.165) is 45.1 Å². The Kier molecular flexibility index (Phi) is 6.20. The van der Waals surface area contributed by atoms with Crippen molar-refractivity contribution in [1.29, 1.82) is 0 Å². The molecule has 2 heterocycles. The number of nitrogens with zero attached hydrogens (tertiary/aromatic N) is 1. The minimum atomic E-state index is -2.75. The van der Waals surface area contributed by atoms with Crippen LogP contribution in [0.2, 0.25) is 0 Å². The molecule has 2 saturated heterocycles. The van der Waals surface area contributed by atoms with Gasteiger partial charge in [0, 0.05) is 13.1 Å². The van der Waals surface area contributed by atoms with Gasteiger partial charge in [-0.05, 0) is 44.8 Å². The molecule has 0 amide bonds. The summed E-state index contributed by atoms with van der Waals surface area (Å²) >= 11 is 0. The molecule has 0 aromatic carbocycles. The summed E-state index contributed by atoms with van der Waals surface area (Å²) in [7, 11) is -2.75. The van der Waals surface area contributed by atoms with E-state index in [1.54, 1.807) is 0 Å². The predicted octanol–water partition coefficient (Wildman–Crippen LogP) is 0.528. The van der Waals surface area contributed by atoms with E-state index >= 15 is 0 Å². The van der Waals surface area contributed by atoms with Gasteiger partial charge in [-0.2, -0.15) is 0 Å². The minimum absolute atomic E-state index is 0. The van der Waals surface area contributed by atoms with Crippen LogP contribution in [-0.2, 0) is 9.84 Å². The summed E-state index contributed by atoms with van der Waals surface area (Å²) in [5.41, 5.74) is 0. The number of halogens is 1. The van der Waals surface area contributed by atoms with Crippen LogP contribution in [0.3, 0.4) is 0 Å². The molecule has 0 aromatic rings. The molecule has 0 atom stereocenters. The maximum Gasteiger partial charge on any atom is 0.151 e. The number of rotatable bonds is 2. The first-order valence-electron chi connectivity index (χ1n) is 6.29. The van der Waals surface area contributed by atoms with E-state index in [1.807, 2.05) is 0 Å². The monoisotopic (exact) mass is 282 g/mol. The Morgan fingerprint density at radius 1 is 1.12 bits per heavy atom. The molecule has 6 heteroatoms. The van der Waals surface area contributed by atoms with Crippen molar-refractivity contribution in [3.63, 3.8) is 0 Å². The smallest absolute Gasteiger partial charge is 0.151 e. The normalized spacial score (nSPS) is 27.1. The lowest BCUT2D eigenvalue weighted by Crippen LogP contribution is -2.37. The van der Waals surface area contributed by atoms with Crippen molar-refractivity contribution in [2.24, 2.45) is 5.92 Å². The van der Waals surface area contributed by atoms with Crippen LogP contribution in [0.4, 0.5) is 0 Å². The van der Waals surface area contributed by atoms with Gasteiger partial charge < -0.3 is 10.2 Å².